The maximum atomic E-state index is 12.9. The van der Waals surface area contributed by atoms with E-state index in [9.17, 15) is 14.0 Å². The number of ether oxygens (including phenoxy) is 1. The molecule has 0 bridgehead atoms. The first-order valence-corrected chi connectivity index (χ1v) is 6.39. The van der Waals surface area contributed by atoms with E-state index in [-0.39, 0.29) is 30.5 Å². The van der Waals surface area contributed by atoms with Crippen LogP contribution in [0.4, 0.5) is 4.39 Å². The molecule has 0 spiro atoms. The molecule has 1 aromatic heterocycles. The van der Waals surface area contributed by atoms with Gasteiger partial charge in [-0.1, -0.05) is 12.1 Å². The van der Waals surface area contributed by atoms with E-state index in [0.29, 0.717) is 5.56 Å². The molecule has 0 saturated carbocycles. The summed E-state index contributed by atoms with van der Waals surface area (Å²) in [5.74, 6) is -2.66. The Balaban J connectivity index is 2.29. The van der Waals surface area contributed by atoms with Gasteiger partial charge in [-0.15, -0.1) is 0 Å². The molecule has 1 amide bonds. The first kappa shape index (κ1) is 15.7. The van der Waals surface area contributed by atoms with E-state index in [1.807, 2.05) is 0 Å². The third-order valence-electron chi connectivity index (χ3n) is 2.91. The number of rotatable bonds is 6. The van der Waals surface area contributed by atoms with Crippen molar-refractivity contribution in [3.63, 3.8) is 0 Å². The van der Waals surface area contributed by atoms with Crippen molar-refractivity contribution in [1.29, 1.82) is 0 Å². The number of benzene rings is 1. The van der Waals surface area contributed by atoms with Gasteiger partial charge in [-0.3, -0.25) is 4.79 Å². The zero-order valence-corrected chi connectivity index (χ0v) is 11.8. The fourth-order valence-corrected chi connectivity index (χ4v) is 1.90. The number of furan rings is 1. The molecule has 2 rings (SSSR count). The molecule has 1 heterocycles. The fraction of sp³-hybridized carbons (Fsp3) is 0.200. The minimum atomic E-state index is -1.27. The summed E-state index contributed by atoms with van der Waals surface area (Å²) in [7, 11) is 1.41. The Kier molecular flexibility index (Phi) is 4.90. The van der Waals surface area contributed by atoms with Crippen molar-refractivity contribution in [3.8, 4) is 0 Å². The summed E-state index contributed by atoms with van der Waals surface area (Å²) >= 11 is 0. The van der Waals surface area contributed by atoms with E-state index in [2.05, 4.69) is 5.32 Å². The normalized spacial score (nSPS) is 10.5. The molecule has 22 heavy (non-hydrogen) atoms. The van der Waals surface area contributed by atoms with E-state index in [1.165, 1.54) is 25.3 Å². The zero-order valence-electron chi connectivity index (χ0n) is 11.8. The molecule has 2 aromatic rings. The van der Waals surface area contributed by atoms with Crippen LogP contribution in [0.1, 0.15) is 32.2 Å². The van der Waals surface area contributed by atoms with Crippen molar-refractivity contribution in [3.05, 3.63) is 58.8 Å². The van der Waals surface area contributed by atoms with Gasteiger partial charge in [-0.25, -0.2) is 9.18 Å². The van der Waals surface area contributed by atoms with Crippen LogP contribution >= 0.6 is 0 Å². The topological polar surface area (TPSA) is 88.8 Å². The second-order valence-corrected chi connectivity index (χ2v) is 4.51. The maximum absolute atomic E-state index is 12.9. The number of hydrogen-bond donors (Lipinski definition) is 2. The number of carboxylic acid groups (broad SMARTS) is 1. The number of carbonyl (C=O) groups excluding carboxylic acids is 1. The Morgan fingerprint density at radius 2 is 2.00 bits per heavy atom. The molecule has 0 aliphatic rings. The number of methoxy groups -OCH3 is 1. The van der Waals surface area contributed by atoms with Gasteiger partial charge < -0.3 is 19.6 Å². The average Bonchev–Trinajstić information content (AvgIpc) is 2.91. The van der Waals surface area contributed by atoms with Gasteiger partial charge in [0.1, 0.15) is 12.5 Å². The standard InChI is InChI=1S/C15H14FNO5/c1-21-8-17-14(18)13-10(7-12(22-13)15(19)20)6-9-2-4-11(16)5-3-9/h2-5,7H,6,8H2,1H3,(H,17,18)(H,19,20). The van der Waals surface area contributed by atoms with E-state index >= 15 is 0 Å². The van der Waals surface area contributed by atoms with Crippen LogP contribution in [-0.4, -0.2) is 30.8 Å². The van der Waals surface area contributed by atoms with Crippen molar-refractivity contribution >= 4 is 11.9 Å². The Labute approximate surface area is 125 Å². The first-order chi connectivity index (χ1) is 10.5. The highest BCUT2D eigenvalue weighted by atomic mass is 19.1. The van der Waals surface area contributed by atoms with Crippen molar-refractivity contribution < 1.29 is 28.2 Å². The predicted molar refractivity (Wildman–Crippen MR) is 74.2 cm³/mol. The second-order valence-electron chi connectivity index (χ2n) is 4.51. The van der Waals surface area contributed by atoms with Crippen LogP contribution in [0.15, 0.2) is 34.7 Å². The Morgan fingerprint density at radius 3 is 2.59 bits per heavy atom. The molecule has 0 aliphatic heterocycles. The van der Waals surface area contributed by atoms with Crippen molar-refractivity contribution in [2.45, 2.75) is 6.42 Å². The summed E-state index contributed by atoms with van der Waals surface area (Å²) < 4.78 is 22.7. The SMILES string of the molecule is COCNC(=O)c1oc(C(=O)O)cc1Cc1ccc(F)cc1. The highest BCUT2D eigenvalue weighted by Crippen LogP contribution is 2.20. The van der Waals surface area contributed by atoms with Gasteiger partial charge in [0.2, 0.25) is 5.76 Å². The van der Waals surface area contributed by atoms with E-state index < -0.39 is 11.9 Å². The van der Waals surface area contributed by atoms with Gasteiger partial charge in [-0.2, -0.15) is 0 Å². The molecule has 0 fully saturated rings. The third-order valence-corrected chi connectivity index (χ3v) is 2.91. The van der Waals surface area contributed by atoms with Gasteiger partial charge in [0, 0.05) is 19.1 Å². The van der Waals surface area contributed by atoms with E-state index in [4.69, 9.17) is 14.3 Å². The van der Waals surface area contributed by atoms with Crippen LogP contribution in [0.5, 0.6) is 0 Å². The Bertz CT molecular complexity index is 678. The van der Waals surface area contributed by atoms with E-state index in [0.717, 1.165) is 5.56 Å². The highest BCUT2D eigenvalue weighted by Gasteiger charge is 2.21. The number of carbonyl (C=O) groups is 2. The summed E-state index contributed by atoms with van der Waals surface area (Å²) in [6, 6.07) is 6.98. The van der Waals surface area contributed by atoms with Gasteiger partial charge in [0.05, 0.1) is 0 Å². The Hall–Kier alpha value is -2.67. The third kappa shape index (κ3) is 3.70. The molecule has 2 N–H and O–H groups in total. The molecule has 0 saturated heterocycles. The lowest BCUT2D eigenvalue weighted by molar-refractivity contribution is 0.0658. The van der Waals surface area contributed by atoms with Crippen LogP contribution in [-0.2, 0) is 11.2 Å². The second kappa shape index (κ2) is 6.86. The molecular weight excluding hydrogens is 293 g/mol. The lowest BCUT2D eigenvalue weighted by Gasteiger charge is -2.04. The summed E-state index contributed by atoms with van der Waals surface area (Å²) in [6.45, 7) is -0.0298. The molecule has 6 nitrogen and oxygen atoms in total. The van der Waals surface area contributed by atoms with E-state index in [1.54, 1.807) is 12.1 Å². The number of carboxylic acids is 1. The molecule has 0 radical (unpaired) electrons. The van der Waals surface area contributed by atoms with Crippen LogP contribution in [0.2, 0.25) is 0 Å². The molecule has 0 atom stereocenters. The van der Waals surface area contributed by atoms with Crippen LogP contribution in [0, 0.1) is 5.82 Å². The van der Waals surface area contributed by atoms with Crippen molar-refractivity contribution in [2.75, 3.05) is 13.8 Å². The maximum Gasteiger partial charge on any atom is 0.371 e. The van der Waals surface area contributed by atoms with Crippen molar-refractivity contribution in [2.24, 2.45) is 0 Å². The van der Waals surface area contributed by atoms with Gasteiger partial charge in [0.15, 0.2) is 5.76 Å². The zero-order chi connectivity index (χ0) is 16.1. The summed E-state index contributed by atoms with van der Waals surface area (Å²) in [4.78, 5) is 23.0. The number of aromatic carboxylic acids is 1. The minimum absolute atomic E-state index is 0.0298. The van der Waals surface area contributed by atoms with Crippen molar-refractivity contribution in [1.82, 2.24) is 5.32 Å². The lowest BCUT2D eigenvalue weighted by atomic mass is 10.0. The largest absolute Gasteiger partial charge is 0.475 e. The lowest BCUT2D eigenvalue weighted by Crippen LogP contribution is -2.25. The number of nitrogens with one attached hydrogen (secondary N) is 1. The van der Waals surface area contributed by atoms with Gasteiger partial charge in [-0.05, 0) is 23.8 Å². The molecule has 7 heteroatoms. The minimum Gasteiger partial charge on any atom is -0.475 e. The molecule has 1 aromatic carbocycles. The first-order valence-electron chi connectivity index (χ1n) is 6.39. The smallest absolute Gasteiger partial charge is 0.371 e. The average molecular weight is 307 g/mol. The van der Waals surface area contributed by atoms with Crippen LogP contribution in [0.25, 0.3) is 0 Å². The number of hydrogen-bond acceptors (Lipinski definition) is 4. The molecule has 116 valence electrons. The van der Waals surface area contributed by atoms with Crippen LogP contribution in [0.3, 0.4) is 0 Å². The molecular formula is C15H14FNO5. The summed E-state index contributed by atoms with van der Waals surface area (Å²) in [5.41, 5.74) is 1.12. The predicted octanol–water partition coefficient (Wildman–Crippen LogP) is 2.04. The monoisotopic (exact) mass is 307 g/mol. The number of amides is 1. The number of halogens is 1. The Morgan fingerprint density at radius 1 is 1.32 bits per heavy atom. The molecule has 0 aliphatic carbocycles. The quantitative estimate of drug-likeness (QED) is 0.797. The fourth-order valence-electron chi connectivity index (χ4n) is 1.90. The molecule has 0 unspecified atom stereocenters. The summed E-state index contributed by atoms with van der Waals surface area (Å²) in [6.07, 6.45) is 0.243. The van der Waals surface area contributed by atoms with Gasteiger partial charge >= 0.3 is 5.97 Å². The van der Waals surface area contributed by atoms with Gasteiger partial charge in [0.25, 0.3) is 5.91 Å². The van der Waals surface area contributed by atoms with Crippen LogP contribution < -0.4 is 5.32 Å². The summed E-state index contributed by atoms with van der Waals surface area (Å²) in [5, 5.41) is 11.4. The highest BCUT2D eigenvalue weighted by molar-refractivity contribution is 5.95.